The number of hydrogen-bond acceptors (Lipinski definition) is 4. The van der Waals surface area contributed by atoms with Gasteiger partial charge in [0.15, 0.2) is 5.16 Å². The van der Waals surface area contributed by atoms with Crippen molar-refractivity contribution in [1.29, 1.82) is 0 Å². The molecule has 1 saturated carbocycles. The Balaban J connectivity index is 1.67. The zero-order chi connectivity index (χ0) is 16.7. The number of alkyl halides is 2. The number of halogens is 2. The number of aromatic nitrogens is 2. The molecule has 0 N–H and O–H groups in total. The Morgan fingerprint density at radius 1 is 1.38 bits per heavy atom. The van der Waals surface area contributed by atoms with Crippen LogP contribution in [-0.2, 0) is 11.3 Å². The van der Waals surface area contributed by atoms with E-state index in [1.54, 1.807) is 16.3 Å². The van der Waals surface area contributed by atoms with Gasteiger partial charge in [-0.1, -0.05) is 23.9 Å². The standard InChI is InChI=1S/C17H18Cl2N2O2S/c18-17(19)8-11(17)10-24-16-20-14-6-2-1-5-13(14)15(22)21(16)9-12-4-3-7-23-12/h1-2,5-6,11-12H,3-4,7-10H2/t11-,12+/m0/s1. The van der Waals surface area contributed by atoms with E-state index in [-0.39, 0.29) is 17.6 Å². The van der Waals surface area contributed by atoms with Crippen LogP contribution in [0.25, 0.3) is 10.9 Å². The van der Waals surface area contributed by atoms with Crippen LogP contribution in [0.4, 0.5) is 0 Å². The summed E-state index contributed by atoms with van der Waals surface area (Å²) in [6.07, 6.45) is 2.92. The molecule has 1 aliphatic heterocycles. The van der Waals surface area contributed by atoms with E-state index >= 15 is 0 Å². The van der Waals surface area contributed by atoms with Crippen LogP contribution in [0.1, 0.15) is 19.3 Å². The molecule has 7 heteroatoms. The Kier molecular flexibility index (Phi) is 4.54. The number of thioether (sulfide) groups is 1. The summed E-state index contributed by atoms with van der Waals surface area (Å²) in [6.45, 7) is 1.32. The maximum Gasteiger partial charge on any atom is 0.262 e. The first-order chi connectivity index (χ1) is 11.5. The highest BCUT2D eigenvalue weighted by molar-refractivity contribution is 7.99. The van der Waals surface area contributed by atoms with Crippen LogP contribution in [-0.4, -0.2) is 32.3 Å². The average Bonchev–Trinajstić information content (AvgIpc) is 2.96. The van der Waals surface area contributed by atoms with E-state index in [4.69, 9.17) is 32.9 Å². The van der Waals surface area contributed by atoms with Crippen molar-refractivity contribution in [3.05, 3.63) is 34.6 Å². The normalized spacial score (nSPS) is 25.2. The van der Waals surface area contributed by atoms with Crippen LogP contribution in [0.3, 0.4) is 0 Å². The Morgan fingerprint density at radius 2 is 2.17 bits per heavy atom. The quantitative estimate of drug-likeness (QED) is 0.445. The number of rotatable bonds is 5. The number of benzene rings is 1. The molecule has 1 aromatic heterocycles. The Hall–Kier alpha value is -0.750. The second-order valence-corrected chi connectivity index (χ2v) is 8.96. The molecular formula is C17H18Cl2N2O2S. The first kappa shape index (κ1) is 16.7. The molecule has 1 saturated heterocycles. The van der Waals surface area contributed by atoms with Crippen LogP contribution in [0.5, 0.6) is 0 Å². The highest BCUT2D eigenvalue weighted by Crippen LogP contribution is 2.54. The van der Waals surface area contributed by atoms with Crippen LogP contribution in [0, 0.1) is 5.92 Å². The maximum atomic E-state index is 12.9. The summed E-state index contributed by atoms with van der Waals surface area (Å²) >= 11 is 13.8. The second kappa shape index (κ2) is 6.52. The summed E-state index contributed by atoms with van der Waals surface area (Å²) in [5, 5.41) is 1.38. The van der Waals surface area contributed by atoms with Crippen molar-refractivity contribution < 1.29 is 4.74 Å². The molecule has 0 amide bonds. The van der Waals surface area contributed by atoms with Crippen LogP contribution in [0.2, 0.25) is 0 Å². The van der Waals surface area contributed by atoms with Crippen LogP contribution >= 0.6 is 35.0 Å². The summed E-state index contributed by atoms with van der Waals surface area (Å²) in [7, 11) is 0. The van der Waals surface area contributed by atoms with Gasteiger partial charge >= 0.3 is 0 Å². The van der Waals surface area contributed by atoms with Gasteiger partial charge in [-0.2, -0.15) is 0 Å². The van der Waals surface area contributed by atoms with Crippen molar-refractivity contribution in [1.82, 2.24) is 9.55 Å². The highest BCUT2D eigenvalue weighted by atomic mass is 35.5. The first-order valence-electron chi connectivity index (χ1n) is 8.16. The minimum atomic E-state index is -0.608. The number of nitrogens with zero attached hydrogens (tertiary/aromatic N) is 2. The predicted octanol–water partition coefficient (Wildman–Crippen LogP) is 3.86. The lowest BCUT2D eigenvalue weighted by Crippen LogP contribution is -2.29. The van der Waals surface area contributed by atoms with Crippen molar-refractivity contribution in [2.45, 2.75) is 41.4 Å². The van der Waals surface area contributed by atoms with E-state index in [9.17, 15) is 4.79 Å². The molecule has 2 aliphatic rings. The minimum absolute atomic E-state index is 0.00240. The number of para-hydroxylation sites is 1. The van der Waals surface area contributed by atoms with Gasteiger partial charge in [0.25, 0.3) is 5.56 Å². The Morgan fingerprint density at radius 3 is 2.88 bits per heavy atom. The lowest BCUT2D eigenvalue weighted by atomic mass is 10.2. The lowest BCUT2D eigenvalue weighted by Gasteiger charge is -2.16. The molecular weight excluding hydrogens is 367 g/mol. The van der Waals surface area contributed by atoms with Gasteiger partial charge < -0.3 is 4.74 Å². The molecule has 1 aliphatic carbocycles. The Labute approximate surface area is 154 Å². The van der Waals surface area contributed by atoms with Gasteiger partial charge in [-0.05, 0) is 31.4 Å². The Bertz CT molecular complexity index is 818. The molecule has 4 nitrogen and oxygen atoms in total. The molecule has 0 radical (unpaired) electrons. The van der Waals surface area contributed by atoms with Crippen molar-refractivity contribution in [3.8, 4) is 0 Å². The summed E-state index contributed by atoms with van der Waals surface area (Å²) in [5.41, 5.74) is 0.727. The third-order valence-electron chi connectivity index (χ3n) is 4.61. The molecule has 24 heavy (non-hydrogen) atoms. The maximum absolute atomic E-state index is 12.9. The smallest absolute Gasteiger partial charge is 0.262 e. The molecule has 2 fully saturated rings. The zero-order valence-corrected chi connectivity index (χ0v) is 15.4. The van der Waals surface area contributed by atoms with Gasteiger partial charge in [-0.3, -0.25) is 9.36 Å². The van der Waals surface area contributed by atoms with Gasteiger partial charge in [-0.15, -0.1) is 23.2 Å². The molecule has 4 rings (SSSR count). The van der Waals surface area contributed by atoms with Crippen LogP contribution in [0.15, 0.2) is 34.2 Å². The summed E-state index contributed by atoms with van der Waals surface area (Å²) in [5.74, 6) is 1.02. The molecule has 2 heterocycles. The summed E-state index contributed by atoms with van der Waals surface area (Å²) in [4.78, 5) is 17.6. The molecule has 2 aromatic rings. The number of fused-ring (bicyclic) bond motifs is 1. The van der Waals surface area contributed by atoms with E-state index in [0.717, 1.165) is 42.3 Å². The molecule has 2 atom stereocenters. The molecule has 0 spiro atoms. The van der Waals surface area contributed by atoms with Crippen LogP contribution < -0.4 is 5.56 Å². The van der Waals surface area contributed by atoms with E-state index in [0.29, 0.717) is 11.9 Å². The van der Waals surface area contributed by atoms with E-state index in [2.05, 4.69) is 0 Å². The lowest BCUT2D eigenvalue weighted by molar-refractivity contribution is 0.0937. The average molecular weight is 385 g/mol. The van der Waals surface area contributed by atoms with Gasteiger partial charge in [0.2, 0.25) is 0 Å². The van der Waals surface area contributed by atoms with Crippen molar-refractivity contribution >= 4 is 45.9 Å². The fraction of sp³-hybridized carbons (Fsp3) is 0.529. The third kappa shape index (κ3) is 3.32. The van der Waals surface area contributed by atoms with E-state index in [1.165, 1.54) is 0 Å². The molecule has 0 bridgehead atoms. The number of hydrogen-bond donors (Lipinski definition) is 0. The third-order valence-corrected chi connectivity index (χ3v) is 6.67. The fourth-order valence-electron chi connectivity index (χ4n) is 3.04. The highest BCUT2D eigenvalue weighted by Gasteiger charge is 2.51. The topological polar surface area (TPSA) is 44.1 Å². The van der Waals surface area contributed by atoms with Crippen molar-refractivity contribution in [2.75, 3.05) is 12.4 Å². The summed E-state index contributed by atoms with van der Waals surface area (Å²) < 4.78 is 6.86. The van der Waals surface area contributed by atoms with E-state index in [1.807, 2.05) is 24.3 Å². The van der Waals surface area contributed by atoms with E-state index < -0.39 is 4.33 Å². The van der Waals surface area contributed by atoms with Gasteiger partial charge in [0.1, 0.15) is 4.33 Å². The minimum Gasteiger partial charge on any atom is -0.376 e. The fourth-order valence-corrected chi connectivity index (χ4v) is 4.97. The van der Waals surface area contributed by atoms with Gasteiger partial charge in [0.05, 0.1) is 23.6 Å². The molecule has 128 valence electrons. The van der Waals surface area contributed by atoms with Gasteiger partial charge in [-0.25, -0.2) is 4.98 Å². The monoisotopic (exact) mass is 384 g/mol. The van der Waals surface area contributed by atoms with Crippen molar-refractivity contribution in [3.63, 3.8) is 0 Å². The SMILES string of the molecule is O=c1c2ccccc2nc(SC[C@@H]2CC2(Cl)Cl)n1C[C@H]1CCCO1. The second-order valence-electron chi connectivity index (χ2n) is 6.44. The first-order valence-corrected chi connectivity index (χ1v) is 9.90. The van der Waals surface area contributed by atoms with Crippen molar-refractivity contribution in [2.24, 2.45) is 5.92 Å². The predicted molar refractivity (Wildman–Crippen MR) is 98.2 cm³/mol. The summed E-state index contributed by atoms with van der Waals surface area (Å²) in [6, 6.07) is 7.47. The van der Waals surface area contributed by atoms with Gasteiger partial charge in [0, 0.05) is 18.3 Å². The molecule has 1 aromatic carbocycles. The largest absolute Gasteiger partial charge is 0.376 e. The number of ether oxygens (including phenoxy) is 1. The zero-order valence-electron chi connectivity index (χ0n) is 13.1. The molecule has 0 unspecified atom stereocenters.